The molecule has 4 heterocycles. The maximum absolute atomic E-state index is 14.9. The number of alkyl halides is 1. The van der Waals surface area contributed by atoms with Gasteiger partial charge in [-0.2, -0.15) is 10.4 Å². The molecule has 3 atom stereocenters. The smallest absolute Gasteiger partial charge is 0.407 e. The Bertz CT molecular complexity index is 1200. The van der Waals surface area contributed by atoms with Gasteiger partial charge < -0.3 is 25.2 Å². The molecule has 0 saturated carbocycles. The van der Waals surface area contributed by atoms with Gasteiger partial charge in [0.05, 0.1) is 18.0 Å². The molecule has 1 aliphatic heterocycles. The van der Waals surface area contributed by atoms with E-state index in [0.29, 0.717) is 47.2 Å². The van der Waals surface area contributed by atoms with Gasteiger partial charge in [-0.3, -0.25) is 9.50 Å². The molecule has 34 heavy (non-hydrogen) atoms. The van der Waals surface area contributed by atoms with E-state index in [1.165, 1.54) is 0 Å². The Morgan fingerprint density at radius 3 is 3.09 bits per heavy atom. The number of aromatic amines is 1. The predicted octanol–water partition coefficient (Wildman–Crippen LogP) is 1.91. The molecule has 0 aliphatic carbocycles. The van der Waals surface area contributed by atoms with Crippen molar-refractivity contribution in [1.82, 2.24) is 29.9 Å². The number of anilines is 2. The molecular formula is C21H25FN8O4. The third-order valence-electron chi connectivity index (χ3n) is 5.20. The van der Waals surface area contributed by atoms with Gasteiger partial charge in [-0.05, 0) is 26.7 Å². The van der Waals surface area contributed by atoms with Gasteiger partial charge in [-0.25, -0.2) is 19.2 Å². The van der Waals surface area contributed by atoms with E-state index in [2.05, 4.69) is 36.9 Å². The summed E-state index contributed by atoms with van der Waals surface area (Å²) >= 11 is 0. The number of nitrogens with zero attached hydrogens (tertiary/aromatic N) is 5. The van der Waals surface area contributed by atoms with Crippen molar-refractivity contribution < 1.29 is 23.8 Å². The highest BCUT2D eigenvalue weighted by Gasteiger charge is 2.42. The number of aromatic nitrogens is 5. The second kappa shape index (κ2) is 10.0. The van der Waals surface area contributed by atoms with Crippen LogP contribution in [0, 0.1) is 11.3 Å². The molecule has 180 valence electrons. The highest BCUT2D eigenvalue weighted by atomic mass is 19.1. The first-order chi connectivity index (χ1) is 16.4. The molecule has 1 aliphatic rings. The summed E-state index contributed by atoms with van der Waals surface area (Å²) in [5.41, 5.74) is 1.61. The first-order valence-electron chi connectivity index (χ1n) is 10.8. The Hall–Kier alpha value is -3.76. The van der Waals surface area contributed by atoms with Crippen molar-refractivity contribution in [3.8, 4) is 6.07 Å². The van der Waals surface area contributed by atoms with E-state index in [9.17, 15) is 14.4 Å². The van der Waals surface area contributed by atoms with Crippen LogP contribution in [0.2, 0.25) is 0 Å². The first kappa shape index (κ1) is 23.4. The predicted molar refractivity (Wildman–Crippen MR) is 117 cm³/mol. The van der Waals surface area contributed by atoms with Gasteiger partial charge in [0, 0.05) is 31.1 Å². The van der Waals surface area contributed by atoms with Gasteiger partial charge in [0.15, 0.2) is 23.7 Å². The molecule has 3 aromatic rings. The summed E-state index contributed by atoms with van der Waals surface area (Å²) < 4.78 is 27.2. The Morgan fingerprint density at radius 2 is 2.35 bits per heavy atom. The van der Waals surface area contributed by atoms with E-state index in [0.717, 1.165) is 0 Å². The number of carbonyl (C=O) groups is 1. The largest absolute Gasteiger partial charge is 0.441 e. The number of ether oxygens (including phenoxy) is 2. The average molecular weight is 472 g/mol. The molecule has 0 bridgehead atoms. The standard InChI is InChI=1S/C21H25FN8O4/c1-11(2)25-21(32)34-15-10-33-18(17(15)22)14-8-16(29-28-14)27-20-26-13(4-3-7-31)12(9-23)19-24-5-6-30(19)20/h5-6,8,11,15,17-18,31H,3-4,7,10H2,1-2H3,(H,25,32)(H2,26,27,28,29)/t15-,17+,18-/m0/s1. The van der Waals surface area contributed by atoms with Crippen molar-refractivity contribution in [2.24, 2.45) is 0 Å². The number of fused-ring (bicyclic) bond motifs is 1. The Kier molecular flexibility index (Phi) is 6.90. The van der Waals surface area contributed by atoms with Gasteiger partial charge in [0.2, 0.25) is 5.95 Å². The number of amides is 1. The summed E-state index contributed by atoms with van der Waals surface area (Å²) in [5, 5.41) is 31.2. The van der Waals surface area contributed by atoms with E-state index in [-0.39, 0.29) is 19.3 Å². The molecular weight excluding hydrogens is 447 g/mol. The number of nitrogens with one attached hydrogen (secondary N) is 3. The second-order valence-electron chi connectivity index (χ2n) is 8.09. The zero-order valence-electron chi connectivity index (χ0n) is 18.7. The summed E-state index contributed by atoms with van der Waals surface area (Å²) in [4.78, 5) is 20.6. The lowest BCUT2D eigenvalue weighted by Gasteiger charge is -2.16. The SMILES string of the molecule is CC(C)NC(=O)O[C@H]1CO[C@@H](c2cc(Nc3nc(CCCO)c(C#N)c4nccn34)n[nH]2)[C@@H]1F. The number of aryl methyl sites for hydroxylation is 1. The molecule has 4 N–H and O–H groups in total. The third-order valence-corrected chi connectivity index (χ3v) is 5.20. The average Bonchev–Trinajstić information content (AvgIpc) is 3.53. The number of hydrogen-bond acceptors (Lipinski definition) is 9. The maximum atomic E-state index is 14.9. The van der Waals surface area contributed by atoms with Crippen LogP contribution < -0.4 is 10.6 Å². The number of rotatable bonds is 8. The molecule has 1 fully saturated rings. The maximum Gasteiger partial charge on any atom is 0.407 e. The monoisotopic (exact) mass is 472 g/mol. The second-order valence-corrected chi connectivity index (χ2v) is 8.09. The van der Waals surface area contributed by atoms with Crippen molar-refractivity contribution >= 4 is 23.5 Å². The van der Waals surface area contributed by atoms with Crippen molar-refractivity contribution in [1.29, 1.82) is 5.26 Å². The number of alkyl carbamates (subject to hydrolysis) is 1. The van der Waals surface area contributed by atoms with Gasteiger partial charge >= 0.3 is 6.09 Å². The molecule has 12 nitrogen and oxygen atoms in total. The Morgan fingerprint density at radius 1 is 1.53 bits per heavy atom. The first-order valence-corrected chi connectivity index (χ1v) is 10.8. The summed E-state index contributed by atoms with van der Waals surface area (Å²) in [6, 6.07) is 3.56. The van der Waals surface area contributed by atoms with Gasteiger partial charge in [0.25, 0.3) is 0 Å². The molecule has 1 saturated heterocycles. The number of aliphatic hydroxyl groups is 1. The van der Waals surface area contributed by atoms with Crippen LogP contribution >= 0.6 is 0 Å². The zero-order valence-corrected chi connectivity index (χ0v) is 18.7. The van der Waals surface area contributed by atoms with Gasteiger partial charge in [-0.15, -0.1) is 0 Å². The van der Waals surface area contributed by atoms with Crippen LogP contribution in [0.3, 0.4) is 0 Å². The van der Waals surface area contributed by atoms with Crippen LogP contribution in [0.4, 0.5) is 21.0 Å². The van der Waals surface area contributed by atoms with Crippen molar-refractivity contribution in [2.45, 2.75) is 51.1 Å². The van der Waals surface area contributed by atoms with Crippen molar-refractivity contribution in [3.05, 3.63) is 35.4 Å². The third kappa shape index (κ3) is 4.78. The quantitative estimate of drug-likeness (QED) is 0.383. The molecule has 1 amide bonds. The highest BCUT2D eigenvalue weighted by molar-refractivity contribution is 5.67. The summed E-state index contributed by atoms with van der Waals surface area (Å²) in [6.07, 6.45) is -0.266. The van der Waals surface area contributed by atoms with E-state index in [1.54, 1.807) is 36.7 Å². The van der Waals surface area contributed by atoms with Crippen LogP contribution in [0.15, 0.2) is 18.5 Å². The topological polar surface area (TPSA) is 162 Å². The highest BCUT2D eigenvalue weighted by Crippen LogP contribution is 2.33. The van der Waals surface area contributed by atoms with Crippen molar-refractivity contribution in [3.63, 3.8) is 0 Å². The van der Waals surface area contributed by atoms with Crippen molar-refractivity contribution in [2.75, 3.05) is 18.5 Å². The Balaban J connectivity index is 1.51. The number of nitriles is 1. The summed E-state index contributed by atoms with van der Waals surface area (Å²) in [6.45, 7) is 3.43. The molecule has 0 unspecified atom stereocenters. The normalized spacial score (nSPS) is 19.9. The minimum atomic E-state index is -1.58. The lowest BCUT2D eigenvalue weighted by molar-refractivity contribution is 0.0615. The van der Waals surface area contributed by atoms with Crippen LogP contribution in [-0.4, -0.2) is 67.3 Å². The van der Waals surface area contributed by atoms with Crippen LogP contribution in [0.1, 0.15) is 43.3 Å². The minimum Gasteiger partial charge on any atom is -0.441 e. The van der Waals surface area contributed by atoms with Crippen LogP contribution in [0.5, 0.6) is 0 Å². The molecule has 3 aromatic heterocycles. The molecule has 0 spiro atoms. The molecule has 0 aromatic carbocycles. The van der Waals surface area contributed by atoms with E-state index in [4.69, 9.17) is 14.6 Å². The van der Waals surface area contributed by atoms with Gasteiger partial charge in [-0.1, -0.05) is 0 Å². The van der Waals surface area contributed by atoms with E-state index < -0.39 is 24.5 Å². The molecule has 13 heteroatoms. The lowest BCUT2D eigenvalue weighted by atomic mass is 10.1. The fraction of sp³-hybridized carbons (Fsp3) is 0.476. The fourth-order valence-electron chi connectivity index (χ4n) is 3.66. The van der Waals surface area contributed by atoms with E-state index >= 15 is 0 Å². The van der Waals surface area contributed by atoms with E-state index in [1.807, 2.05) is 0 Å². The number of halogens is 1. The lowest BCUT2D eigenvalue weighted by Crippen LogP contribution is -2.36. The van der Waals surface area contributed by atoms with Crippen LogP contribution in [0.25, 0.3) is 5.65 Å². The molecule has 4 rings (SSSR count). The number of imidazole rings is 1. The summed E-state index contributed by atoms with van der Waals surface area (Å²) in [5.74, 6) is 0.696. The number of H-pyrrole nitrogens is 1. The van der Waals surface area contributed by atoms with Gasteiger partial charge in [0.1, 0.15) is 17.7 Å². The molecule has 0 radical (unpaired) electrons. The zero-order chi connectivity index (χ0) is 24.2. The number of carbonyl (C=O) groups excluding carboxylic acids is 1. The summed E-state index contributed by atoms with van der Waals surface area (Å²) in [7, 11) is 0. The van der Waals surface area contributed by atoms with Crippen LogP contribution in [-0.2, 0) is 15.9 Å². The minimum absolute atomic E-state index is 0.0344. The fourth-order valence-corrected chi connectivity index (χ4v) is 3.66. The Labute approximate surface area is 194 Å². The number of hydrogen-bond donors (Lipinski definition) is 4. The number of aliphatic hydroxyl groups excluding tert-OH is 1.